The predicted octanol–water partition coefficient (Wildman–Crippen LogP) is 1.26. The second kappa shape index (κ2) is 4.69. The molecule has 0 aliphatic carbocycles. The molecule has 0 bridgehead atoms. The molecule has 1 aromatic rings. The van der Waals surface area contributed by atoms with E-state index >= 15 is 0 Å². The van der Waals surface area contributed by atoms with Gasteiger partial charge in [-0.15, -0.1) is 5.10 Å². The van der Waals surface area contributed by atoms with Gasteiger partial charge in [0.15, 0.2) is 12.4 Å². The van der Waals surface area contributed by atoms with E-state index in [0.717, 1.165) is 0 Å². The first-order chi connectivity index (χ1) is 7.35. The van der Waals surface area contributed by atoms with E-state index < -0.39 is 18.8 Å². The Kier molecular flexibility index (Phi) is 3.74. The summed E-state index contributed by atoms with van der Waals surface area (Å²) in [5, 5.41) is 7.20. The molecule has 16 heavy (non-hydrogen) atoms. The van der Waals surface area contributed by atoms with E-state index in [2.05, 4.69) is 14.9 Å². The number of halogens is 3. The summed E-state index contributed by atoms with van der Waals surface area (Å²) in [6.07, 6.45) is -4.39. The zero-order valence-corrected chi connectivity index (χ0v) is 8.95. The van der Waals surface area contributed by atoms with E-state index in [0.29, 0.717) is 12.4 Å². The second-order valence-corrected chi connectivity index (χ2v) is 3.28. The molecular weight excluding hydrogens is 225 g/mol. The van der Waals surface area contributed by atoms with Crippen molar-refractivity contribution in [2.24, 2.45) is 5.73 Å². The Balaban J connectivity index is 2.81. The number of ether oxygens (including phenoxy) is 1. The minimum absolute atomic E-state index is 0.160. The van der Waals surface area contributed by atoms with Gasteiger partial charge < -0.3 is 10.5 Å². The van der Waals surface area contributed by atoms with Crippen molar-refractivity contribution in [3.05, 3.63) is 5.82 Å². The van der Waals surface area contributed by atoms with E-state index in [-0.39, 0.29) is 6.01 Å². The van der Waals surface area contributed by atoms with E-state index in [9.17, 15) is 13.2 Å². The van der Waals surface area contributed by atoms with Gasteiger partial charge in [0, 0.05) is 6.54 Å². The van der Waals surface area contributed by atoms with Crippen LogP contribution in [0.4, 0.5) is 13.2 Å². The van der Waals surface area contributed by atoms with Crippen molar-refractivity contribution in [3.8, 4) is 6.01 Å². The van der Waals surface area contributed by atoms with Crippen molar-refractivity contribution in [2.45, 2.75) is 32.6 Å². The number of alkyl halides is 3. The topological polar surface area (TPSA) is 66.0 Å². The first kappa shape index (κ1) is 12.8. The van der Waals surface area contributed by atoms with Crippen molar-refractivity contribution in [2.75, 3.05) is 6.61 Å². The maximum absolute atomic E-state index is 11.9. The van der Waals surface area contributed by atoms with Gasteiger partial charge in [-0.2, -0.15) is 13.2 Å². The van der Waals surface area contributed by atoms with Gasteiger partial charge in [0.2, 0.25) is 0 Å². The number of hydrogen-bond donors (Lipinski definition) is 1. The average molecular weight is 238 g/mol. The molecule has 0 amide bonds. The summed E-state index contributed by atoms with van der Waals surface area (Å²) < 4.78 is 41.8. The van der Waals surface area contributed by atoms with Gasteiger partial charge in [-0.1, -0.05) is 5.10 Å². The highest BCUT2D eigenvalue weighted by molar-refractivity contribution is 5.04. The van der Waals surface area contributed by atoms with Gasteiger partial charge in [-0.3, -0.25) is 4.57 Å². The van der Waals surface area contributed by atoms with Crippen LogP contribution in [0.5, 0.6) is 6.01 Å². The van der Waals surface area contributed by atoms with Gasteiger partial charge in [-0.05, 0) is 13.8 Å². The molecule has 8 heteroatoms. The molecule has 0 aliphatic heterocycles. The Morgan fingerprint density at radius 2 is 2.06 bits per heavy atom. The molecule has 92 valence electrons. The molecule has 0 radical (unpaired) electrons. The van der Waals surface area contributed by atoms with Crippen LogP contribution in [0.25, 0.3) is 0 Å². The average Bonchev–Trinajstić information content (AvgIpc) is 2.56. The van der Waals surface area contributed by atoms with Gasteiger partial charge in [0.25, 0.3) is 0 Å². The van der Waals surface area contributed by atoms with Crippen LogP contribution in [-0.4, -0.2) is 27.5 Å². The Morgan fingerprint density at radius 3 is 2.50 bits per heavy atom. The molecule has 1 heterocycles. The minimum Gasteiger partial charge on any atom is -0.454 e. The molecule has 0 aromatic carbocycles. The van der Waals surface area contributed by atoms with Gasteiger partial charge in [-0.25, -0.2) is 0 Å². The molecule has 5 nitrogen and oxygen atoms in total. The summed E-state index contributed by atoms with van der Waals surface area (Å²) >= 11 is 0. The second-order valence-electron chi connectivity index (χ2n) is 3.28. The summed E-state index contributed by atoms with van der Waals surface area (Å²) in [6, 6.07) is -0.567. The summed E-state index contributed by atoms with van der Waals surface area (Å²) in [5.74, 6) is 0.402. The Labute approximate surface area is 90.4 Å². The van der Waals surface area contributed by atoms with Crippen LogP contribution in [0.1, 0.15) is 25.7 Å². The van der Waals surface area contributed by atoms with E-state index in [1.54, 1.807) is 13.8 Å². The maximum Gasteiger partial charge on any atom is 0.422 e. The largest absolute Gasteiger partial charge is 0.454 e. The van der Waals surface area contributed by atoms with Gasteiger partial charge >= 0.3 is 12.2 Å². The highest BCUT2D eigenvalue weighted by Crippen LogP contribution is 2.19. The number of nitrogens with two attached hydrogens (primary N) is 1. The molecule has 0 unspecified atom stereocenters. The molecule has 1 atom stereocenters. The van der Waals surface area contributed by atoms with Crippen LogP contribution in [0, 0.1) is 0 Å². The lowest BCUT2D eigenvalue weighted by Gasteiger charge is -2.11. The van der Waals surface area contributed by atoms with Crippen LogP contribution in [0.2, 0.25) is 0 Å². The molecule has 2 N–H and O–H groups in total. The van der Waals surface area contributed by atoms with Crippen molar-refractivity contribution in [1.29, 1.82) is 0 Å². The third-order valence-electron chi connectivity index (χ3n) is 1.83. The molecule has 0 saturated carbocycles. The highest BCUT2D eigenvalue weighted by atomic mass is 19.4. The third kappa shape index (κ3) is 3.09. The molecule has 0 aliphatic rings. The van der Waals surface area contributed by atoms with Gasteiger partial charge in [0.1, 0.15) is 0 Å². The quantitative estimate of drug-likeness (QED) is 0.857. The Morgan fingerprint density at radius 1 is 1.44 bits per heavy atom. The summed E-state index contributed by atoms with van der Waals surface area (Å²) in [4.78, 5) is 0. The van der Waals surface area contributed by atoms with Crippen LogP contribution in [0.3, 0.4) is 0 Å². The lowest BCUT2D eigenvalue weighted by Crippen LogP contribution is -2.21. The smallest absolute Gasteiger partial charge is 0.422 e. The number of rotatable bonds is 4. The standard InChI is InChI=1S/C8H13F3N4O/c1-3-15-6(5(2)12)13-14-7(15)16-4-8(9,10)11/h5H,3-4,12H2,1-2H3/t5-/m1/s1. The summed E-state index contributed by atoms with van der Waals surface area (Å²) in [7, 11) is 0. The van der Waals surface area contributed by atoms with Crippen LogP contribution < -0.4 is 10.5 Å². The van der Waals surface area contributed by atoms with E-state index in [4.69, 9.17) is 5.73 Å². The minimum atomic E-state index is -4.39. The van der Waals surface area contributed by atoms with Crippen molar-refractivity contribution >= 4 is 0 Å². The Bertz CT molecular complexity index is 348. The SMILES string of the molecule is CCn1c(OCC(F)(F)F)nnc1[C@@H](C)N. The molecular formula is C8H13F3N4O. The summed E-state index contributed by atoms with van der Waals surface area (Å²) in [6.45, 7) is 2.43. The first-order valence-corrected chi connectivity index (χ1v) is 4.73. The van der Waals surface area contributed by atoms with Crippen LogP contribution in [0.15, 0.2) is 0 Å². The number of hydrogen-bond acceptors (Lipinski definition) is 4. The normalized spacial score (nSPS) is 13.9. The molecule has 0 spiro atoms. The van der Waals surface area contributed by atoms with Crippen molar-refractivity contribution in [1.82, 2.24) is 14.8 Å². The van der Waals surface area contributed by atoms with Crippen LogP contribution in [-0.2, 0) is 6.54 Å². The first-order valence-electron chi connectivity index (χ1n) is 4.73. The van der Waals surface area contributed by atoms with Crippen molar-refractivity contribution in [3.63, 3.8) is 0 Å². The fourth-order valence-corrected chi connectivity index (χ4v) is 1.19. The van der Waals surface area contributed by atoms with E-state index in [1.165, 1.54) is 4.57 Å². The van der Waals surface area contributed by atoms with Gasteiger partial charge in [0.05, 0.1) is 6.04 Å². The predicted molar refractivity (Wildman–Crippen MR) is 49.8 cm³/mol. The van der Waals surface area contributed by atoms with E-state index in [1.807, 2.05) is 0 Å². The van der Waals surface area contributed by atoms with Crippen molar-refractivity contribution < 1.29 is 17.9 Å². The number of aromatic nitrogens is 3. The molecule has 0 saturated heterocycles. The lowest BCUT2D eigenvalue weighted by molar-refractivity contribution is -0.155. The molecule has 1 rings (SSSR count). The van der Waals surface area contributed by atoms with Crippen LogP contribution >= 0.6 is 0 Å². The third-order valence-corrected chi connectivity index (χ3v) is 1.83. The summed E-state index contributed by atoms with van der Waals surface area (Å²) in [5.41, 5.74) is 5.58. The maximum atomic E-state index is 11.9. The fourth-order valence-electron chi connectivity index (χ4n) is 1.19. The zero-order chi connectivity index (χ0) is 12.3. The zero-order valence-electron chi connectivity index (χ0n) is 8.95. The lowest BCUT2D eigenvalue weighted by atomic mass is 10.3. The molecule has 1 aromatic heterocycles. The number of nitrogens with zero attached hydrogens (tertiary/aromatic N) is 3. The Hall–Kier alpha value is -1.31. The fraction of sp³-hybridized carbons (Fsp3) is 0.750. The monoisotopic (exact) mass is 238 g/mol. The molecule has 0 fully saturated rings. The highest BCUT2D eigenvalue weighted by Gasteiger charge is 2.29.